The van der Waals surface area contributed by atoms with Crippen LogP contribution < -0.4 is 33.8 Å². The van der Waals surface area contributed by atoms with Gasteiger partial charge in [0.1, 0.15) is 51.1 Å². The third kappa shape index (κ3) is 14.7. The number of fused-ring (bicyclic) bond motifs is 1. The lowest BCUT2D eigenvalue weighted by Crippen LogP contribution is -2.19. The van der Waals surface area contributed by atoms with E-state index in [4.69, 9.17) is 28.4 Å². The van der Waals surface area contributed by atoms with Crippen LogP contribution in [0.15, 0.2) is 105 Å². The first kappa shape index (κ1) is 46.3. The van der Waals surface area contributed by atoms with Gasteiger partial charge in [0.2, 0.25) is 11.2 Å². The van der Waals surface area contributed by atoms with E-state index in [0.717, 1.165) is 19.3 Å². The Bertz CT molecular complexity index is 1760. The van der Waals surface area contributed by atoms with Gasteiger partial charge in [-0.2, -0.15) is 0 Å². The summed E-state index contributed by atoms with van der Waals surface area (Å²) in [6.45, 7) is 27.1. The highest BCUT2D eigenvalue weighted by atomic mass is 16.5. The molecule has 1 heterocycles. The number of benzene rings is 2. The van der Waals surface area contributed by atoms with Crippen molar-refractivity contribution < 1.29 is 28.4 Å². The third-order valence-corrected chi connectivity index (χ3v) is 9.42. The van der Waals surface area contributed by atoms with Crippen molar-refractivity contribution in [1.29, 1.82) is 0 Å². The van der Waals surface area contributed by atoms with E-state index in [2.05, 4.69) is 51.0 Å². The number of ether oxygens (including phenoxy) is 6. The summed E-state index contributed by atoms with van der Waals surface area (Å²) in [5.41, 5.74) is 1.50. The maximum Gasteiger partial charge on any atom is 0.235 e. The van der Waals surface area contributed by atoms with Crippen LogP contribution in [0.2, 0.25) is 0 Å². The summed E-state index contributed by atoms with van der Waals surface area (Å²) in [6.07, 6.45) is 27.4. The summed E-state index contributed by atoms with van der Waals surface area (Å²) < 4.78 is 39.1. The number of hydrogen-bond acceptors (Lipinski definition) is 7. The van der Waals surface area contributed by atoms with Gasteiger partial charge in [-0.3, -0.25) is 4.79 Å². The monoisotopic (exact) mass is 781 g/mol. The molecule has 0 saturated heterocycles. The highest BCUT2D eigenvalue weighted by molar-refractivity contribution is 5.92. The standard InChI is InChI=1S/C49H67NO7/c1-8-15-16-17-18-19-20-21-22-23-24-25-26-27-28-50-41-37-40(52-29-9-2)38-42(53-30-10-3)45(41)47(51)49(57-34-14-7)46(50)39-35-43(54-31-11-4)48(56-33-13-6)44(36-39)55-32-12-5/h9-14,35-38H,2-8,15-34H2,1H3. The second-order valence-electron chi connectivity index (χ2n) is 14.0. The van der Waals surface area contributed by atoms with Gasteiger partial charge in [0.05, 0.1) is 16.6 Å². The number of hydrogen-bond donors (Lipinski definition) is 0. The molecule has 310 valence electrons. The van der Waals surface area contributed by atoms with Gasteiger partial charge in [-0.15, -0.1) is 0 Å². The summed E-state index contributed by atoms with van der Waals surface area (Å²) in [7, 11) is 0. The molecule has 0 fully saturated rings. The highest BCUT2D eigenvalue weighted by Gasteiger charge is 2.26. The number of aryl methyl sites for hydroxylation is 1. The number of aromatic nitrogens is 1. The normalized spacial score (nSPS) is 10.8. The van der Waals surface area contributed by atoms with Crippen LogP contribution in [0.4, 0.5) is 0 Å². The van der Waals surface area contributed by atoms with Gasteiger partial charge in [-0.25, -0.2) is 0 Å². The van der Waals surface area contributed by atoms with Crippen LogP contribution in [0, 0.1) is 0 Å². The van der Waals surface area contributed by atoms with Gasteiger partial charge in [0.25, 0.3) is 0 Å². The SMILES string of the molecule is C=CCOc1cc(OCC=C)c2c(=O)c(OCC=C)c(-c3cc(OCC=C)c(OCC=C)c(OCC=C)c3)n(CCCCCCCCCCCCCCCC)c2c1. The lowest BCUT2D eigenvalue weighted by molar-refractivity contribution is 0.280. The average Bonchev–Trinajstić information content (AvgIpc) is 3.22. The molecule has 0 radical (unpaired) electrons. The quantitative estimate of drug-likeness (QED) is 0.0441. The van der Waals surface area contributed by atoms with Gasteiger partial charge in [0.15, 0.2) is 17.2 Å². The van der Waals surface area contributed by atoms with E-state index in [0.29, 0.717) is 57.5 Å². The predicted octanol–water partition coefficient (Wildman–Crippen LogP) is 12.5. The molecule has 0 spiro atoms. The van der Waals surface area contributed by atoms with E-state index in [1.165, 1.54) is 70.6 Å². The van der Waals surface area contributed by atoms with E-state index in [1.54, 1.807) is 42.5 Å². The average molecular weight is 782 g/mol. The first-order valence-corrected chi connectivity index (χ1v) is 20.8. The van der Waals surface area contributed by atoms with Crippen molar-refractivity contribution in [1.82, 2.24) is 4.57 Å². The Morgan fingerprint density at radius 3 is 1.40 bits per heavy atom. The van der Waals surface area contributed by atoms with Crippen molar-refractivity contribution >= 4 is 10.9 Å². The molecule has 0 aliphatic rings. The Morgan fingerprint density at radius 2 is 0.912 bits per heavy atom. The number of pyridine rings is 1. The highest BCUT2D eigenvalue weighted by Crippen LogP contribution is 2.45. The molecule has 3 rings (SSSR count). The molecular weight excluding hydrogens is 715 g/mol. The summed E-state index contributed by atoms with van der Waals surface area (Å²) >= 11 is 0. The summed E-state index contributed by atoms with van der Waals surface area (Å²) in [4.78, 5) is 14.8. The second-order valence-corrected chi connectivity index (χ2v) is 14.0. The Balaban J connectivity index is 2.14. The topological polar surface area (TPSA) is 77.4 Å². The fourth-order valence-electron chi connectivity index (χ4n) is 6.75. The maximum atomic E-state index is 14.8. The zero-order chi connectivity index (χ0) is 41.1. The third-order valence-electron chi connectivity index (χ3n) is 9.42. The van der Waals surface area contributed by atoms with Gasteiger partial charge in [0, 0.05) is 24.2 Å². The smallest absolute Gasteiger partial charge is 0.235 e. The first-order valence-electron chi connectivity index (χ1n) is 20.8. The molecule has 0 amide bonds. The zero-order valence-corrected chi connectivity index (χ0v) is 34.7. The molecule has 0 aliphatic heterocycles. The molecule has 1 aromatic heterocycles. The van der Waals surface area contributed by atoms with Crippen molar-refractivity contribution in [3.63, 3.8) is 0 Å². The minimum atomic E-state index is -0.331. The predicted molar refractivity (Wildman–Crippen MR) is 238 cm³/mol. The fourth-order valence-corrected chi connectivity index (χ4v) is 6.75. The molecule has 0 atom stereocenters. The number of rotatable bonds is 34. The van der Waals surface area contributed by atoms with Crippen molar-refractivity contribution in [3.05, 3.63) is 110 Å². The summed E-state index contributed by atoms with van der Waals surface area (Å²) in [6, 6.07) is 7.31. The Hall–Kier alpha value is -5.11. The van der Waals surface area contributed by atoms with Crippen LogP contribution in [0.1, 0.15) is 96.8 Å². The minimum absolute atomic E-state index is 0.107. The van der Waals surface area contributed by atoms with Gasteiger partial charge >= 0.3 is 0 Å². The Kier molecular flexibility index (Phi) is 22.3. The molecule has 0 saturated carbocycles. The minimum Gasteiger partial charge on any atom is -0.489 e. The van der Waals surface area contributed by atoms with E-state index in [1.807, 2.05) is 18.2 Å². The number of unbranched alkanes of at least 4 members (excludes halogenated alkanes) is 13. The zero-order valence-electron chi connectivity index (χ0n) is 34.7. The lowest BCUT2D eigenvalue weighted by atomic mass is 10.0. The molecule has 0 N–H and O–H groups in total. The van der Waals surface area contributed by atoms with Crippen molar-refractivity contribution in [2.45, 2.75) is 103 Å². The Labute approximate surface area is 342 Å². The molecule has 0 unspecified atom stereocenters. The lowest BCUT2D eigenvalue weighted by Gasteiger charge is -2.24. The Morgan fingerprint density at radius 1 is 0.491 bits per heavy atom. The molecular formula is C49H67NO7. The fraction of sp³-hybridized carbons (Fsp3) is 0.449. The van der Waals surface area contributed by atoms with Crippen LogP contribution in [-0.2, 0) is 6.54 Å². The van der Waals surface area contributed by atoms with Crippen LogP contribution in [0.25, 0.3) is 22.2 Å². The summed E-state index contributed by atoms with van der Waals surface area (Å²) in [5, 5.41) is 0.383. The molecule has 57 heavy (non-hydrogen) atoms. The van der Waals surface area contributed by atoms with Crippen LogP contribution >= 0.6 is 0 Å². The van der Waals surface area contributed by atoms with E-state index in [-0.39, 0.29) is 50.8 Å². The largest absolute Gasteiger partial charge is 0.489 e. The molecule has 0 aliphatic carbocycles. The molecule has 3 aromatic rings. The van der Waals surface area contributed by atoms with Gasteiger partial charge < -0.3 is 33.0 Å². The van der Waals surface area contributed by atoms with E-state index < -0.39 is 0 Å². The number of nitrogens with zero attached hydrogens (tertiary/aromatic N) is 1. The maximum absolute atomic E-state index is 14.8. The molecule has 2 aromatic carbocycles. The first-order chi connectivity index (χ1) is 28.0. The van der Waals surface area contributed by atoms with Crippen molar-refractivity contribution in [3.8, 4) is 45.8 Å². The van der Waals surface area contributed by atoms with Gasteiger partial charge in [-0.1, -0.05) is 166 Å². The second kappa shape index (κ2) is 27.5. The van der Waals surface area contributed by atoms with Crippen LogP contribution in [-0.4, -0.2) is 44.2 Å². The molecule has 8 nitrogen and oxygen atoms in total. The van der Waals surface area contributed by atoms with Crippen LogP contribution in [0.5, 0.6) is 34.5 Å². The molecule has 0 bridgehead atoms. The summed E-state index contributed by atoms with van der Waals surface area (Å²) in [5.74, 6) is 2.30. The van der Waals surface area contributed by atoms with Crippen molar-refractivity contribution in [2.24, 2.45) is 0 Å². The van der Waals surface area contributed by atoms with Crippen molar-refractivity contribution in [2.75, 3.05) is 39.6 Å². The van der Waals surface area contributed by atoms with E-state index in [9.17, 15) is 4.79 Å². The van der Waals surface area contributed by atoms with E-state index >= 15 is 0 Å². The van der Waals surface area contributed by atoms with Gasteiger partial charge in [-0.05, 0) is 18.6 Å². The van der Waals surface area contributed by atoms with Crippen LogP contribution in [0.3, 0.4) is 0 Å². The molecule has 8 heteroatoms.